The number of aliphatic carboxylic acids is 2. The topological polar surface area (TPSA) is 151 Å². The first-order valence-corrected chi connectivity index (χ1v) is 11.8. The fourth-order valence-corrected chi connectivity index (χ4v) is 4.25. The Kier molecular flexibility index (Phi) is 11.1. The zero-order chi connectivity index (χ0) is 26.8. The van der Waals surface area contributed by atoms with Gasteiger partial charge in [0.15, 0.2) is 5.78 Å². The second kappa shape index (κ2) is 13.8. The Hall–Kier alpha value is -3.21. The number of carboxylic acids is 2. The smallest absolute Gasteiger partial charge is 0.336 e. The molecular formula is C25H31ClN2O8. The Morgan fingerprint density at radius 2 is 1.86 bits per heavy atom. The summed E-state index contributed by atoms with van der Waals surface area (Å²) in [7, 11) is 1.27. The molecule has 1 aromatic carbocycles. The zero-order valence-corrected chi connectivity index (χ0v) is 21.2. The fraction of sp³-hybridized carbons (Fsp3) is 0.440. The molecular weight excluding hydrogens is 492 g/mol. The number of ketones is 1. The Bertz CT molecular complexity index is 1070. The highest BCUT2D eigenvalue weighted by Crippen LogP contribution is 2.42. The highest BCUT2D eigenvalue weighted by Gasteiger charge is 2.38. The SMILES string of the molecule is CCCC(=O)C1=C(COCCNC(CC(=O)O)C(=O)O)NC(C)=C(C(=O)OC)C1c1ccccc1Cl. The first-order chi connectivity index (χ1) is 17.1. The van der Waals surface area contributed by atoms with Gasteiger partial charge in [-0.1, -0.05) is 36.7 Å². The molecule has 4 N–H and O–H groups in total. The van der Waals surface area contributed by atoms with Crippen molar-refractivity contribution in [3.63, 3.8) is 0 Å². The van der Waals surface area contributed by atoms with Gasteiger partial charge in [0.1, 0.15) is 6.04 Å². The maximum absolute atomic E-state index is 13.3. The maximum Gasteiger partial charge on any atom is 0.336 e. The van der Waals surface area contributed by atoms with Crippen molar-refractivity contribution in [2.45, 2.75) is 45.1 Å². The van der Waals surface area contributed by atoms with Crippen molar-refractivity contribution in [1.29, 1.82) is 0 Å². The van der Waals surface area contributed by atoms with E-state index in [1.54, 1.807) is 31.2 Å². The lowest BCUT2D eigenvalue weighted by molar-refractivity contribution is -0.146. The average Bonchev–Trinajstić information content (AvgIpc) is 2.82. The number of halogens is 1. The molecule has 0 saturated carbocycles. The number of carbonyl (C=O) groups excluding carboxylic acids is 2. The van der Waals surface area contributed by atoms with Gasteiger partial charge in [-0.25, -0.2) is 4.79 Å². The molecule has 0 aromatic heterocycles. The number of allylic oxidation sites excluding steroid dienone is 2. The van der Waals surface area contributed by atoms with Gasteiger partial charge in [0, 0.05) is 40.9 Å². The summed E-state index contributed by atoms with van der Waals surface area (Å²) < 4.78 is 10.7. The molecule has 1 aromatic rings. The van der Waals surface area contributed by atoms with Crippen molar-refractivity contribution in [1.82, 2.24) is 10.6 Å². The third-order valence-electron chi connectivity index (χ3n) is 5.60. The predicted molar refractivity (Wildman–Crippen MR) is 131 cm³/mol. The summed E-state index contributed by atoms with van der Waals surface area (Å²) in [5.74, 6) is -4.04. The quantitative estimate of drug-likeness (QED) is 0.212. The molecule has 1 aliphatic heterocycles. The number of Topliss-reactive ketones (excluding diaryl/α,β-unsaturated/α-hetero) is 1. The van der Waals surface area contributed by atoms with E-state index in [9.17, 15) is 19.2 Å². The van der Waals surface area contributed by atoms with Gasteiger partial charge in [-0.2, -0.15) is 0 Å². The van der Waals surface area contributed by atoms with Crippen molar-refractivity contribution < 1.29 is 38.9 Å². The van der Waals surface area contributed by atoms with Gasteiger partial charge in [-0.05, 0) is 25.0 Å². The molecule has 11 heteroatoms. The third-order valence-corrected chi connectivity index (χ3v) is 5.95. The molecule has 1 heterocycles. The number of carbonyl (C=O) groups is 4. The number of hydrogen-bond acceptors (Lipinski definition) is 8. The molecule has 1 aliphatic rings. The minimum atomic E-state index is -1.28. The van der Waals surface area contributed by atoms with Crippen LogP contribution in [0.4, 0.5) is 0 Å². The van der Waals surface area contributed by atoms with E-state index in [2.05, 4.69) is 10.6 Å². The molecule has 0 saturated heterocycles. The lowest BCUT2D eigenvalue weighted by Gasteiger charge is -2.32. The number of dihydropyridines is 1. The summed E-state index contributed by atoms with van der Waals surface area (Å²) in [4.78, 5) is 48.1. The molecule has 2 rings (SSSR count). The van der Waals surface area contributed by atoms with Crippen LogP contribution in [-0.4, -0.2) is 66.8 Å². The average molecular weight is 523 g/mol. The lowest BCUT2D eigenvalue weighted by Crippen LogP contribution is -2.40. The summed E-state index contributed by atoms with van der Waals surface area (Å²) in [6.07, 6.45) is 0.259. The Morgan fingerprint density at radius 1 is 1.17 bits per heavy atom. The number of rotatable bonds is 14. The summed E-state index contributed by atoms with van der Waals surface area (Å²) in [6.45, 7) is 3.66. The lowest BCUT2D eigenvalue weighted by atomic mass is 9.78. The number of hydrogen-bond donors (Lipinski definition) is 4. The van der Waals surface area contributed by atoms with E-state index in [1.807, 2.05) is 6.92 Å². The van der Waals surface area contributed by atoms with Crippen LogP contribution in [0.2, 0.25) is 5.02 Å². The number of carboxylic acid groups (broad SMARTS) is 2. The fourth-order valence-electron chi connectivity index (χ4n) is 4.00. The molecule has 2 unspecified atom stereocenters. The first kappa shape index (κ1) is 29.0. The molecule has 0 bridgehead atoms. The number of ether oxygens (including phenoxy) is 2. The van der Waals surface area contributed by atoms with Crippen LogP contribution in [0.5, 0.6) is 0 Å². The summed E-state index contributed by atoms with van der Waals surface area (Å²) in [6, 6.07) is 5.71. The van der Waals surface area contributed by atoms with Crippen molar-refractivity contribution in [2.75, 3.05) is 26.9 Å². The molecule has 0 radical (unpaired) electrons. The van der Waals surface area contributed by atoms with Gasteiger partial charge in [0.25, 0.3) is 0 Å². The van der Waals surface area contributed by atoms with Crippen LogP contribution in [0, 0.1) is 0 Å². The van der Waals surface area contributed by atoms with E-state index in [4.69, 9.17) is 31.3 Å². The van der Waals surface area contributed by atoms with Crippen LogP contribution in [0.1, 0.15) is 44.6 Å². The number of benzene rings is 1. The molecule has 0 fully saturated rings. The number of methoxy groups -OCH3 is 1. The highest BCUT2D eigenvalue weighted by atomic mass is 35.5. The van der Waals surface area contributed by atoms with Gasteiger partial charge in [0.05, 0.1) is 32.3 Å². The van der Waals surface area contributed by atoms with Gasteiger partial charge in [0.2, 0.25) is 0 Å². The Labute approximate surface area is 214 Å². The second-order valence-corrected chi connectivity index (χ2v) is 8.58. The number of nitrogens with one attached hydrogen (secondary N) is 2. The van der Waals surface area contributed by atoms with E-state index in [1.165, 1.54) is 7.11 Å². The molecule has 2 atom stereocenters. The molecule has 0 aliphatic carbocycles. The normalized spacial score (nSPS) is 16.4. The van der Waals surface area contributed by atoms with Crippen molar-refractivity contribution in [3.05, 3.63) is 57.4 Å². The summed E-state index contributed by atoms with van der Waals surface area (Å²) in [5.41, 5.74) is 2.15. The minimum absolute atomic E-state index is 0.0319. The predicted octanol–water partition coefficient (Wildman–Crippen LogP) is 2.63. The second-order valence-electron chi connectivity index (χ2n) is 8.17. The molecule has 196 valence electrons. The highest BCUT2D eigenvalue weighted by molar-refractivity contribution is 6.31. The summed E-state index contributed by atoms with van der Waals surface area (Å²) in [5, 5.41) is 24.1. The van der Waals surface area contributed by atoms with Crippen LogP contribution in [0.15, 0.2) is 46.8 Å². The Balaban J connectivity index is 2.35. The maximum atomic E-state index is 13.3. The van der Waals surface area contributed by atoms with E-state index in [-0.39, 0.29) is 37.5 Å². The Morgan fingerprint density at radius 3 is 2.44 bits per heavy atom. The standard InChI is InChI=1S/C25H31ClN2O8/c1-4-7-19(29)23-18(13-36-11-10-27-17(24(32)33)12-20(30)31)28-14(2)21(25(34)35-3)22(23)15-8-5-6-9-16(15)26/h5-6,8-9,17,22,27-28H,4,7,10-13H2,1-3H3,(H,30,31)(H,32,33). The van der Waals surface area contributed by atoms with Crippen molar-refractivity contribution in [2.24, 2.45) is 0 Å². The molecule has 0 spiro atoms. The third kappa shape index (κ3) is 7.39. The minimum Gasteiger partial charge on any atom is -0.481 e. The monoisotopic (exact) mass is 522 g/mol. The van der Waals surface area contributed by atoms with Crippen LogP contribution < -0.4 is 10.6 Å². The van der Waals surface area contributed by atoms with E-state index in [0.717, 1.165) is 0 Å². The molecule has 10 nitrogen and oxygen atoms in total. The summed E-state index contributed by atoms with van der Waals surface area (Å²) >= 11 is 6.49. The van der Waals surface area contributed by atoms with Crippen LogP contribution in [0.25, 0.3) is 0 Å². The van der Waals surface area contributed by atoms with Gasteiger partial charge in [-0.3, -0.25) is 14.4 Å². The van der Waals surface area contributed by atoms with Crippen molar-refractivity contribution >= 4 is 35.3 Å². The first-order valence-electron chi connectivity index (χ1n) is 11.4. The largest absolute Gasteiger partial charge is 0.481 e. The van der Waals surface area contributed by atoms with E-state index >= 15 is 0 Å². The zero-order valence-electron chi connectivity index (χ0n) is 20.4. The van der Waals surface area contributed by atoms with Crippen LogP contribution in [-0.2, 0) is 28.7 Å². The molecule has 36 heavy (non-hydrogen) atoms. The van der Waals surface area contributed by atoms with Gasteiger partial charge in [-0.15, -0.1) is 0 Å². The molecule has 0 amide bonds. The van der Waals surface area contributed by atoms with Crippen LogP contribution in [0.3, 0.4) is 0 Å². The van der Waals surface area contributed by atoms with Gasteiger partial charge >= 0.3 is 17.9 Å². The van der Waals surface area contributed by atoms with Crippen LogP contribution >= 0.6 is 11.6 Å². The van der Waals surface area contributed by atoms with Crippen molar-refractivity contribution in [3.8, 4) is 0 Å². The van der Waals surface area contributed by atoms with E-state index in [0.29, 0.717) is 34.0 Å². The number of esters is 1. The van der Waals surface area contributed by atoms with Gasteiger partial charge < -0.3 is 30.3 Å². The van der Waals surface area contributed by atoms with E-state index < -0.39 is 36.3 Å².